The third-order valence-corrected chi connectivity index (χ3v) is 5.38. The Morgan fingerprint density at radius 3 is 2.75 bits per heavy atom. The average molecular weight is 329 g/mol. The first-order valence-electron chi connectivity index (χ1n) is 9.07. The van der Waals surface area contributed by atoms with Crippen molar-refractivity contribution in [2.45, 2.75) is 65.5 Å². The Morgan fingerprint density at radius 1 is 1.25 bits per heavy atom. The highest BCUT2D eigenvalue weighted by molar-refractivity contribution is 5.86. The number of phenolic OH excluding ortho intramolecular Hbond substituents is 1. The number of hydrogen-bond acceptors (Lipinski definition) is 4. The van der Waals surface area contributed by atoms with Crippen LogP contribution in [0.3, 0.4) is 0 Å². The van der Waals surface area contributed by atoms with Crippen LogP contribution in [0, 0.1) is 6.92 Å². The van der Waals surface area contributed by atoms with Crippen LogP contribution in [0.25, 0.3) is 11.0 Å². The van der Waals surface area contributed by atoms with E-state index in [1.54, 1.807) is 6.07 Å². The summed E-state index contributed by atoms with van der Waals surface area (Å²) in [7, 11) is 0. The van der Waals surface area contributed by atoms with E-state index in [2.05, 4.69) is 11.8 Å². The van der Waals surface area contributed by atoms with Gasteiger partial charge in [-0.2, -0.15) is 0 Å². The lowest BCUT2D eigenvalue weighted by molar-refractivity contribution is 0.135. The highest BCUT2D eigenvalue weighted by atomic mass is 16.4. The second-order valence-electron chi connectivity index (χ2n) is 6.86. The van der Waals surface area contributed by atoms with Gasteiger partial charge < -0.3 is 9.52 Å². The molecule has 2 aromatic rings. The van der Waals surface area contributed by atoms with Gasteiger partial charge in [0.2, 0.25) is 0 Å². The van der Waals surface area contributed by atoms with Gasteiger partial charge in [-0.1, -0.05) is 20.3 Å². The van der Waals surface area contributed by atoms with Gasteiger partial charge in [-0.3, -0.25) is 4.90 Å². The standard InChI is InChI=1S/C20H27NO3/c1-4-14-11-18(22)24-20-13(3)19(23)15(10-17(14)20)12-21-9-7-6-8-16(21)5-2/h10-11,16,23H,4-9,12H2,1-3H3/t16-/m1/s1. The number of aryl methyl sites for hydroxylation is 2. The Bertz CT molecular complexity index is 794. The van der Waals surface area contributed by atoms with Crippen molar-refractivity contribution in [1.82, 2.24) is 4.90 Å². The first kappa shape index (κ1) is 17.0. The molecule has 0 unspecified atom stereocenters. The zero-order chi connectivity index (χ0) is 17.3. The molecule has 0 aliphatic carbocycles. The van der Waals surface area contributed by atoms with Crippen molar-refractivity contribution in [3.63, 3.8) is 0 Å². The fraction of sp³-hybridized carbons (Fsp3) is 0.550. The first-order valence-corrected chi connectivity index (χ1v) is 9.07. The van der Waals surface area contributed by atoms with Gasteiger partial charge in [-0.05, 0) is 50.8 Å². The summed E-state index contributed by atoms with van der Waals surface area (Å²) in [4.78, 5) is 14.2. The second kappa shape index (κ2) is 6.98. The van der Waals surface area contributed by atoms with Crippen molar-refractivity contribution in [2.75, 3.05) is 6.54 Å². The molecule has 1 saturated heterocycles. The minimum atomic E-state index is -0.350. The molecular weight excluding hydrogens is 302 g/mol. The lowest BCUT2D eigenvalue weighted by atomic mass is 9.97. The molecule has 1 aromatic carbocycles. The average Bonchev–Trinajstić information content (AvgIpc) is 2.60. The molecule has 1 N–H and O–H groups in total. The lowest BCUT2D eigenvalue weighted by Gasteiger charge is -2.35. The van der Waals surface area contributed by atoms with Crippen LogP contribution in [0.2, 0.25) is 0 Å². The lowest BCUT2D eigenvalue weighted by Crippen LogP contribution is -2.38. The van der Waals surface area contributed by atoms with Crippen LogP contribution in [0.4, 0.5) is 0 Å². The molecule has 3 rings (SSSR count). The summed E-state index contributed by atoms with van der Waals surface area (Å²) in [6.07, 6.45) is 5.66. The predicted molar refractivity (Wildman–Crippen MR) is 96.6 cm³/mol. The molecule has 2 heterocycles. The zero-order valence-corrected chi connectivity index (χ0v) is 14.9. The number of phenols is 1. The van der Waals surface area contributed by atoms with Gasteiger partial charge in [-0.25, -0.2) is 4.79 Å². The van der Waals surface area contributed by atoms with Gasteiger partial charge >= 0.3 is 5.63 Å². The van der Waals surface area contributed by atoms with Crippen molar-refractivity contribution < 1.29 is 9.52 Å². The van der Waals surface area contributed by atoms with Crippen LogP contribution in [-0.4, -0.2) is 22.6 Å². The molecule has 0 radical (unpaired) electrons. The molecule has 1 fully saturated rings. The predicted octanol–water partition coefficient (Wildman–Crippen LogP) is 4.13. The van der Waals surface area contributed by atoms with E-state index in [-0.39, 0.29) is 11.4 Å². The molecule has 1 atom stereocenters. The number of aromatic hydroxyl groups is 1. The molecular formula is C20H27NO3. The maximum absolute atomic E-state index is 11.8. The van der Waals surface area contributed by atoms with E-state index in [0.29, 0.717) is 17.2 Å². The molecule has 0 amide bonds. The number of rotatable bonds is 4. The fourth-order valence-corrected chi connectivity index (χ4v) is 3.94. The van der Waals surface area contributed by atoms with Gasteiger partial charge in [0.15, 0.2) is 0 Å². The number of hydrogen-bond donors (Lipinski definition) is 1. The molecule has 4 heteroatoms. The summed E-state index contributed by atoms with van der Waals surface area (Å²) in [6, 6.07) is 4.17. The monoisotopic (exact) mass is 329 g/mol. The Hall–Kier alpha value is -1.81. The highest BCUT2D eigenvalue weighted by Gasteiger charge is 2.23. The van der Waals surface area contributed by atoms with Crippen LogP contribution < -0.4 is 5.63 Å². The van der Waals surface area contributed by atoms with Gasteiger partial charge in [-0.15, -0.1) is 0 Å². The summed E-state index contributed by atoms with van der Waals surface area (Å²) in [6.45, 7) is 7.94. The normalized spacial score (nSPS) is 19.0. The second-order valence-corrected chi connectivity index (χ2v) is 6.86. The van der Waals surface area contributed by atoms with E-state index >= 15 is 0 Å². The van der Waals surface area contributed by atoms with Gasteiger partial charge in [0.1, 0.15) is 11.3 Å². The molecule has 4 nitrogen and oxygen atoms in total. The van der Waals surface area contributed by atoms with Gasteiger partial charge in [0.25, 0.3) is 0 Å². The summed E-state index contributed by atoms with van der Waals surface area (Å²) in [5.74, 6) is 0.263. The Balaban J connectivity index is 2.06. The van der Waals surface area contributed by atoms with Gasteiger partial charge in [0, 0.05) is 35.2 Å². The maximum Gasteiger partial charge on any atom is 0.336 e. The Morgan fingerprint density at radius 2 is 2.04 bits per heavy atom. The number of nitrogens with zero attached hydrogens (tertiary/aromatic N) is 1. The first-order chi connectivity index (χ1) is 11.5. The van der Waals surface area contributed by atoms with Crippen molar-refractivity contribution in [2.24, 2.45) is 0 Å². The molecule has 1 aromatic heterocycles. The van der Waals surface area contributed by atoms with E-state index in [1.807, 2.05) is 19.9 Å². The van der Waals surface area contributed by atoms with Crippen molar-refractivity contribution in [1.29, 1.82) is 0 Å². The topological polar surface area (TPSA) is 53.7 Å². The van der Waals surface area contributed by atoms with E-state index in [1.165, 1.54) is 19.3 Å². The molecule has 0 bridgehead atoms. The molecule has 130 valence electrons. The van der Waals surface area contributed by atoms with Crippen LogP contribution in [0.1, 0.15) is 56.2 Å². The molecule has 1 aliphatic rings. The van der Waals surface area contributed by atoms with E-state index in [0.717, 1.165) is 42.4 Å². The summed E-state index contributed by atoms with van der Waals surface area (Å²) in [5.41, 5.74) is 2.75. The quantitative estimate of drug-likeness (QED) is 0.857. The highest BCUT2D eigenvalue weighted by Crippen LogP contribution is 2.34. The number of benzene rings is 1. The third kappa shape index (κ3) is 3.07. The van der Waals surface area contributed by atoms with Crippen LogP contribution in [0.15, 0.2) is 21.3 Å². The minimum Gasteiger partial charge on any atom is -0.507 e. The summed E-state index contributed by atoms with van der Waals surface area (Å²) in [5, 5.41) is 11.6. The van der Waals surface area contributed by atoms with Crippen molar-refractivity contribution >= 4 is 11.0 Å². The molecule has 0 saturated carbocycles. The van der Waals surface area contributed by atoms with Gasteiger partial charge in [0.05, 0.1) is 0 Å². The number of piperidine rings is 1. The van der Waals surface area contributed by atoms with Crippen molar-refractivity contribution in [3.05, 3.63) is 39.2 Å². The molecule has 24 heavy (non-hydrogen) atoms. The van der Waals surface area contributed by atoms with Crippen LogP contribution in [0.5, 0.6) is 5.75 Å². The SMILES string of the molecule is CCc1cc(=O)oc2c(C)c(O)c(CN3CCCC[C@H]3CC)cc12. The van der Waals surface area contributed by atoms with Crippen LogP contribution in [-0.2, 0) is 13.0 Å². The largest absolute Gasteiger partial charge is 0.507 e. The van der Waals surface area contributed by atoms with E-state index < -0.39 is 0 Å². The summed E-state index contributed by atoms with van der Waals surface area (Å²) < 4.78 is 5.37. The Labute approximate surface area is 143 Å². The zero-order valence-electron chi connectivity index (χ0n) is 14.9. The fourth-order valence-electron chi connectivity index (χ4n) is 3.94. The van der Waals surface area contributed by atoms with Crippen molar-refractivity contribution in [3.8, 4) is 5.75 Å². The molecule has 0 spiro atoms. The van der Waals surface area contributed by atoms with E-state index in [4.69, 9.17) is 4.42 Å². The maximum atomic E-state index is 11.8. The smallest absolute Gasteiger partial charge is 0.336 e. The van der Waals surface area contributed by atoms with E-state index in [9.17, 15) is 9.90 Å². The minimum absolute atomic E-state index is 0.263. The van der Waals surface area contributed by atoms with Crippen LogP contribution >= 0.6 is 0 Å². The Kier molecular flexibility index (Phi) is 4.95. The number of fused-ring (bicyclic) bond motifs is 1. The number of likely N-dealkylation sites (tertiary alicyclic amines) is 1. The summed E-state index contributed by atoms with van der Waals surface area (Å²) >= 11 is 0. The third-order valence-electron chi connectivity index (χ3n) is 5.38. The molecule has 1 aliphatic heterocycles.